The molecule has 0 N–H and O–H groups in total. The van der Waals surface area contributed by atoms with Gasteiger partial charge in [-0.3, -0.25) is 4.79 Å². The summed E-state index contributed by atoms with van der Waals surface area (Å²) in [7, 11) is 1.53. The number of carbonyl (C=O) groups excluding carboxylic acids is 1. The fourth-order valence-electron chi connectivity index (χ4n) is 2.26. The van der Waals surface area contributed by atoms with Crippen molar-refractivity contribution in [3.63, 3.8) is 0 Å². The topological polar surface area (TPSA) is 42.4 Å². The lowest BCUT2D eigenvalue weighted by molar-refractivity contribution is -0.274. The maximum absolute atomic E-state index is 12.6. The molecule has 1 aromatic carbocycles. The van der Waals surface area contributed by atoms with E-state index in [1.165, 1.54) is 59.0 Å². The molecule has 0 atom stereocenters. The van der Waals surface area contributed by atoms with Crippen LogP contribution in [0.3, 0.4) is 0 Å². The van der Waals surface area contributed by atoms with Crippen LogP contribution in [-0.2, 0) is 6.54 Å². The van der Waals surface area contributed by atoms with Gasteiger partial charge in [0, 0.05) is 19.2 Å². The van der Waals surface area contributed by atoms with Gasteiger partial charge in [0.05, 0.1) is 11.1 Å². The fraction of sp³-hybridized carbons (Fsp3) is 0.176. The SMILES string of the molecule is CN(Cc1ccccc1OC(F)(F)F)C(=O)c1cnc(-c2cccs2)s1. The Morgan fingerprint density at radius 2 is 2.00 bits per heavy atom. The molecule has 0 aliphatic heterocycles. The van der Waals surface area contributed by atoms with E-state index < -0.39 is 6.36 Å². The van der Waals surface area contributed by atoms with E-state index in [-0.39, 0.29) is 23.8 Å². The second-order valence-electron chi connectivity index (χ2n) is 5.32. The molecule has 0 aliphatic rings. The Bertz CT molecular complexity index is 892. The number of hydrogen-bond acceptors (Lipinski definition) is 5. The number of alkyl halides is 3. The van der Waals surface area contributed by atoms with Gasteiger partial charge in [-0.15, -0.1) is 35.8 Å². The molecule has 0 fully saturated rings. The minimum Gasteiger partial charge on any atom is -0.405 e. The summed E-state index contributed by atoms with van der Waals surface area (Å²) in [4.78, 5) is 19.5. The summed E-state index contributed by atoms with van der Waals surface area (Å²) in [6.45, 7) is -0.0165. The van der Waals surface area contributed by atoms with Crippen molar-refractivity contribution in [1.29, 1.82) is 0 Å². The van der Waals surface area contributed by atoms with Crippen LogP contribution in [0.15, 0.2) is 48.0 Å². The van der Waals surface area contributed by atoms with Crippen molar-refractivity contribution in [2.45, 2.75) is 12.9 Å². The van der Waals surface area contributed by atoms with Gasteiger partial charge in [0.2, 0.25) is 0 Å². The maximum atomic E-state index is 12.6. The Morgan fingerprint density at radius 1 is 1.23 bits per heavy atom. The molecule has 26 heavy (non-hydrogen) atoms. The molecule has 0 aliphatic carbocycles. The molecule has 2 aromatic heterocycles. The lowest BCUT2D eigenvalue weighted by atomic mass is 10.2. The molecule has 3 rings (SSSR count). The van der Waals surface area contributed by atoms with Crippen molar-refractivity contribution in [2.75, 3.05) is 7.05 Å². The Hall–Kier alpha value is -2.39. The van der Waals surface area contributed by atoms with E-state index in [0.29, 0.717) is 4.88 Å². The quantitative estimate of drug-likeness (QED) is 0.605. The van der Waals surface area contributed by atoms with Gasteiger partial charge in [-0.25, -0.2) is 4.98 Å². The smallest absolute Gasteiger partial charge is 0.405 e. The molecular weight excluding hydrogens is 385 g/mol. The zero-order chi connectivity index (χ0) is 18.7. The summed E-state index contributed by atoms with van der Waals surface area (Å²) in [5.74, 6) is -0.629. The number of carbonyl (C=O) groups is 1. The number of benzene rings is 1. The van der Waals surface area contributed by atoms with Crippen LogP contribution in [0.4, 0.5) is 13.2 Å². The number of hydrogen-bond donors (Lipinski definition) is 0. The maximum Gasteiger partial charge on any atom is 0.573 e. The third-order valence-corrected chi connectivity index (χ3v) is 5.43. The minimum absolute atomic E-state index is 0.0165. The van der Waals surface area contributed by atoms with Crippen molar-refractivity contribution in [3.8, 4) is 15.6 Å². The van der Waals surface area contributed by atoms with Crippen LogP contribution in [-0.4, -0.2) is 29.2 Å². The van der Waals surface area contributed by atoms with Gasteiger partial charge in [0.1, 0.15) is 15.6 Å². The number of amides is 1. The second kappa shape index (κ2) is 7.46. The van der Waals surface area contributed by atoms with Crippen molar-refractivity contribution in [1.82, 2.24) is 9.88 Å². The van der Waals surface area contributed by atoms with Crippen LogP contribution in [0.5, 0.6) is 5.75 Å². The summed E-state index contributed by atoms with van der Waals surface area (Å²) in [5.41, 5.74) is 0.267. The monoisotopic (exact) mass is 398 g/mol. The van der Waals surface area contributed by atoms with Crippen LogP contribution in [0, 0.1) is 0 Å². The number of thiophene rings is 1. The standard InChI is InChI=1S/C17H13F3N2O2S2/c1-22(10-11-5-2-3-6-12(11)24-17(18,19)20)16(23)14-9-21-15(26-14)13-7-4-8-25-13/h2-9H,10H2,1H3. The van der Waals surface area contributed by atoms with E-state index in [1.807, 2.05) is 17.5 Å². The predicted molar refractivity (Wildman–Crippen MR) is 94.3 cm³/mol. The van der Waals surface area contributed by atoms with E-state index in [1.54, 1.807) is 6.07 Å². The van der Waals surface area contributed by atoms with Gasteiger partial charge in [0.15, 0.2) is 0 Å². The Balaban J connectivity index is 1.74. The number of nitrogens with zero attached hydrogens (tertiary/aromatic N) is 2. The molecule has 0 radical (unpaired) electrons. The number of ether oxygens (including phenoxy) is 1. The predicted octanol–water partition coefficient (Wildman–Crippen LogP) is 5.04. The first-order chi connectivity index (χ1) is 12.3. The number of para-hydroxylation sites is 1. The molecule has 9 heteroatoms. The number of halogens is 3. The second-order valence-corrected chi connectivity index (χ2v) is 7.30. The van der Waals surface area contributed by atoms with Crippen LogP contribution >= 0.6 is 22.7 Å². The lowest BCUT2D eigenvalue weighted by Crippen LogP contribution is -2.26. The molecule has 0 bridgehead atoms. The van der Waals surface area contributed by atoms with E-state index >= 15 is 0 Å². The molecule has 0 saturated carbocycles. The summed E-state index contributed by atoms with van der Waals surface area (Å²) in [6.07, 6.45) is -3.30. The molecule has 4 nitrogen and oxygen atoms in total. The van der Waals surface area contributed by atoms with Crippen LogP contribution in [0.2, 0.25) is 0 Å². The zero-order valence-electron chi connectivity index (χ0n) is 13.5. The minimum atomic E-state index is -4.79. The average molecular weight is 398 g/mol. The molecule has 0 saturated heterocycles. The van der Waals surface area contributed by atoms with Gasteiger partial charge in [-0.05, 0) is 17.5 Å². The van der Waals surface area contributed by atoms with E-state index in [0.717, 1.165) is 9.88 Å². The molecule has 0 unspecified atom stereocenters. The van der Waals surface area contributed by atoms with E-state index in [4.69, 9.17) is 0 Å². The highest BCUT2D eigenvalue weighted by Crippen LogP contribution is 2.30. The van der Waals surface area contributed by atoms with Crippen LogP contribution in [0.1, 0.15) is 15.2 Å². The molecule has 0 spiro atoms. The first-order valence-electron chi connectivity index (χ1n) is 7.42. The summed E-state index contributed by atoms with van der Waals surface area (Å²) in [6, 6.07) is 9.57. The van der Waals surface area contributed by atoms with Gasteiger partial charge in [-0.1, -0.05) is 24.3 Å². The van der Waals surface area contributed by atoms with Gasteiger partial charge in [-0.2, -0.15) is 0 Å². The summed E-state index contributed by atoms with van der Waals surface area (Å²) in [5, 5.41) is 2.65. The van der Waals surface area contributed by atoms with Gasteiger partial charge < -0.3 is 9.64 Å². The first-order valence-corrected chi connectivity index (χ1v) is 9.12. The zero-order valence-corrected chi connectivity index (χ0v) is 15.1. The molecule has 136 valence electrons. The number of rotatable bonds is 5. The first kappa shape index (κ1) is 18.4. The lowest BCUT2D eigenvalue weighted by Gasteiger charge is -2.19. The Morgan fingerprint density at radius 3 is 2.69 bits per heavy atom. The normalized spacial score (nSPS) is 11.4. The third kappa shape index (κ3) is 4.41. The molecule has 3 aromatic rings. The molecular formula is C17H13F3N2O2S2. The van der Waals surface area contributed by atoms with Crippen LogP contribution in [0.25, 0.3) is 9.88 Å². The summed E-state index contributed by atoms with van der Waals surface area (Å²) < 4.78 is 41.6. The third-order valence-electron chi connectivity index (χ3n) is 3.40. The highest BCUT2D eigenvalue weighted by molar-refractivity contribution is 7.21. The van der Waals surface area contributed by atoms with Gasteiger partial charge >= 0.3 is 6.36 Å². The summed E-state index contributed by atoms with van der Waals surface area (Å²) >= 11 is 2.77. The highest BCUT2D eigenvalue weighted by Gasteiger charge is 2.32. The van der Waals surface area contributed by atoms with Crippen molar-refractivity contribution < 1.29 is 22.7 Å². The van der Waals surface area contributed by atoms with E-state index in [9.17, 15) is 18.0 Å². The largest absolute Gasteiger partial charge is 0.573 e. The van der Waals surface area contributed by atoms with Crippen molar-refractivity contribution >= 4 is 28.6 Å². The molecule has 1 amide bonds. The number of aromatic nitrogens is 1. The number of thiazole rings is 1. The molecule has 2 heterocycles. The van der Waals surface area contributed by atoms with Crippen molar-refractivity contribution in [2.24, 2.45) is 0 Å². The Labute approximate surface area is 155 Å². The van der Waals surface area contributed by atoms with Gasteiger partial charge in [0.25, 0.3) is 5.91 Å². The Kier molecular flexibility index (Phi) is 5.28. The van der Waals surface area contributed by atoms with Crippen LogP contribution < -0.4 is 4.74 Å². The van der Waals surface area contributed by atoms with E-state index in [2.05, 4.69) is 9.72 Å². The average Bonchev–Trinajstić information content (AvgIpc) is 3.25. The fourth-order valence-corrected chi connectivity index (χ4v) is 3.98. The highest BCUT2D eigenvalue weighted by atomic mass is 32.1. The van der Waals surface area contributed by atoms with Crippen molar-refractivity contribution in [3.05, 3.63) is 58.4 Å².